The first kappa shape index (κ1) is 19.3. The summed E-state index contributed by atoms with van der Waals surface area (Å²) in [6, 6.07) is 6.33. The molecule has 0 spiro atoms. The van der Waals surface area contributed by atoms with E-state index in [1.807, 2.05) is 13.8 Å². The van der Waals surface area contributed by atoms with Crippen LogP contribution in [0.15, 0.2) is 35.1 Å². The lowest BCUT2D eigenvalue weighted by molar-refractivity contribution is -0.117. The van der Waals surface area contributed by atoms with Crippen LogP contribution in [-0.4, -0.2) is 48.7 Å². The minimum absolute atomic E-state index is 0.115. The Bertz CT molecular complexity index is 745. The first-order chi connectivity index (χ1) is 12.5. The monoisotopic (exact) mass is 361 g/mol. The lowest BCUT2D eigenvalue weighted by atomic mass is 10.1. The molecular weight excluding hydrogens is 338 g/mol. The number of hydrogen-bond acceptors (Lipinski definition) is 6. The van der Waals surface area contributed by atoms with Gasteiger partial charge in [-0.25, -0.2) is 0 Å². The quantitative estimate of drug-likeness (QED) is 0.777. The molecule has 0 aliphatic carbocycles. The highest BCUT2D eigenvalue weighted by atomic mass is 16.5. The van der Waals surface area contributed by atoms with Gasteiger partial charge in [0, 0.05) is 18.2 Å². The van der Waals surface area contributed by atoms with E-state index in [0.29, 0.717) is 29.3 Å². The predicted octanol–water partition coefficient (Wildman–Crippen LogP) is 2.57. The smallest absolute Gasteiger partial charge is 0.258 e. The maximum atomic E-state index is 13.1. The summed E-state index contributed by atoms with van der Waals surface area (Å²) in [6.45, 7) is 3.72. The SMILES string of the molecule is CCC(C)N(CC(=O)Nc1ccon1)C(=O)c1ccc(OC)cc1OC. The van der Waals surface area contributed by atoms with Crippen molar-refractivity contribution in [2.24, 2.45) is 0 Å². The molecular formula is C18H23N3O5. The summed E-state index contributed by atoms with van der Waals surface area (Å²) < 4.78 is 15.2. The molecule has 140 valence electrons. The van der Waals surface area contributed by atoms with Gasteiger partial charge in [0.15, 0.2) is 5.82 Å². The zero-order valence-electron chi connectivity index (χ0n) is 15.3. The number of hydrogen-bond donors (Lipinski definition) is 1. The highest BCUT2D eigenvalue weighted by molar-refractivity contribution is 6.01. The van der Waals surface area contributed by atoms with Crippen LogP contribution in [0.3, 0.4) is 0 Å². The molecule has 2 amide bonds. The van der Waals surface area contributed by atoms with Crippen molar-refractivity contribution in [3.8, 4) is 11.5 Å². The van der Waals surface area contributed by atoms with Gasteiger partial charge in [0.2, 0.25) is 5.91 Å². The predicted molar refractivity (Wildman–Crippen MR) is 95.5 cm³/mol. The Kier molecular flexibility index (Phi) is 6.60. The number of nitrogens with zero attached hydrogens (tertiary/aromatic N) is 2. The first-order valence-corrected chi connectivity index (χ1v) is 8.23. The summed E-state index contributed by atoms with van der Waals surface area (Å²) in [5.41, 5.74) is 0.364. The average Bonchev–Trinajstić information content (AvgIpc) is 3.17. The van der Waals surface area contributed by atoms with Crippen LogP contribution >= 0.6 is 0 Å². The molecule has 1 heterocycles. The minimum atomic E-state index is -0.361. The number of nitrogens with one attached hydrogen (secondary N) is 1. The zero-order chi connectivity index (χ0) is 19.1. The van der Waals surface area contributed by atoms with E-state index in [1.165, 1.54) is 31.4 Å². The second kappa shape index (κ2) is 8.89. The maximum Gasteiger partial charge on any atom is 0.258 e. The molecule has 1 N–H and O–H groups in total. The third kappa shape index (κ3) is 4.53. The summed E-state index contributed by atoms with van der Waals surface area (Å²) in [5.74, 6) is 0.611. The molecule has 0 fully saturated rings. The van der Waals surface area contributed by atoms with Gasteiger partial charge in [-0.1, -0.05) is 12.1 Å². The Morgan fingerprint density at radius 2 is 2.04 bits per heavy atom. The van der Waals surface area contributed by atoms with E-state index in [-0.39, 0.29) is 24.4 Å². The van der Waals surface area contributed by atoms with Gasteiger partial charge >= 0.3 is 0 Å². The molecule has 1 aromatic heterocycles. The summed E-state index contributed by atoms with van der Waals surface area (Å²) in [7, 11) is 3.02. The summed E-state index contributed by atoms with van der Waals surface area (Å²) in [5, 5.41) is 6.23. The van der Waals surface area contributed by atoms with Crippen LogP contribution in [0.1, 0.15) is 30.6 Å². The zero-order valence-corrected chi connectivity index (χ0v) is 15.3. The Labute approximate surface area is 152 Å². The number of rotatable bonds is 8. The largest absolute Gasteiger partial charge is 0.497 e. The van der Waals surface area contributed by atoms with Gasteiger partial charge in [-0.2, -0.15) is 0 Å². The Balaban J connectivity index is 2.23. The Morgan fingerprint density at radius 1 is 1.27 bits per heavy atom. The van der Waals surface area contributed by atoms with Gasteiger partial charge in [0.05, 0.1) is 19.8 Å². The number of ether oxygens (including phenoxy) is 2. The highest BCUT2D eigenvalue weighted by Crippen LogP contribution is 2.26. The van der Waals surface area contributed by atoms with E-state index in [9.17, 15) is 9.59 Å². The molecule has 0 saturated heterocycles. The molecule has 8 nitrogen and oxygen atoms in total. The number of anilines is 1. The second-order valence-electron chi connectivity index (χ2n) is 5.69. The molecule has 0 radical (unpaired) electrons. The first-order valence-electron chi connectivity index (χ1n) is 8.23. The normalized spacial score (nSPS) is 11.5. The third-order valence-corrected chi connectivity index (χ3v) is 4.04. The van der Waals surface area contributed by atoms with E-state index in [2.05, 4.69) is 15.0 Å². The van der Waals surface area contributed by atoms with E-state index in [0.717, 1.165) is 0 Å². The lowest BCUT2D eigenvalue weighted by Gasteiger charge is -2.28. The van der Waals surface area contributed by atoms with Crippen molar-refractivity contribution in [2.75, 3.05) is 26.1 Å². The fourth-order valence-corrected chi connectivity index (χ4v) is 2.39. The molecule has 0 aliphatic rings. The van der Waals surface area contributed by atoms with Gasteiger partial charge in [-0.05, 0) is 25.5 Å². The molecule has 1 unspecified atom stereocenters. The summed E-state index contributed by atoms with van der Waals surface area (Å²) in [6.07, 6.45) is 2.05. The molecule has 2 aromatic rings. The summed E-state index contributed by atoms with van der Waals surface area (Å²) >= 11 is 0. The molecule has 8 heteroatoms. The van der Waals surface area contributed by atoms with Crippen LogP contribution in [0, 0.1) is 0 Å². The Hall–Kier alpha value is -3.03. The van der Waals surface area contributed by atoms with Gasteiger partial charge in [-0.15, -0.1) is 0 Å². The average molecular weight is 361 g/mol. The van der Waals surface area contributed by atoms with E-state index < -0.39 is 0 Å². The van der Waals surface area contributed by atoms with Crippen molar-refractivity contribution in [1.82, 2.24) is 10.1 Å². The van der Waals surface area contributed by atoms with Crippen LogP contribution in [0.2, 0.25) is 0 Å². The van der Waals surface area contributed by atoms with Gasteiger partial charge in [0.1, 0.15) is 24.3 Å². The van der Waals surface area contributed by atoms with Gasteiger partial charge in [0.25, 0.3) is 5.91 Å². The fourth-order valence-electron chi connectivity index (χ4n) is 2.39. The molecule has 1 atom stereocenters. The van der Waals surface area contributed by atoms with Crippen LogP contribution in [0.5, 0.6) is 11.5 Å². The minimum Gasteiger partial charge on any atom is -0.497 e. The number of carbonyl (C=O) groups excluding carboxylic acids is 2. The van der Waals surface area contributed by atoms with Crippen molar-refractivity contribution < 1.29 is 23.6 Å². The number of carbonyl (C=O) groups is 2. The topological polar surface area (TPSA) is 93.9 Å². The van der Waals surface area contributed by atoms with Crippen molar-refractivity contribution in [2.45, 2.75) is 26.3 Å². The fraction of sp³-hybridized carbons (Fsp3) is 0.389. The van der Waals surface area contributed by atoms with Crippen molar-refractivity contribution in [1.29, 1.82) is 0 Å². The van der Waals surface area contributed by atoms with Crippen molar-refractivity contribution >= 4 is 17.6 Å². The van der Waals surface area contributed by atoms with Crippen LogP contribution in [0.4, 0.5) is 5.82 Å². The number of aromatic nitrogens is 1. The number of methoxy groups -OCH3 is 2. The van der Waals surface area contributed by atoms with Gasteiger partial charge < -0.3 is 24.2 Å². The van der Waals surface area contributed by atoms with Crippen molar-refractivity contribution in [3.63, 3.8) is 0 Å². The maximum absolute atomic E-state index is 13.1. The lowest BCUT2D eigenvalue weighted by Crippen LogP contribution is -2.43. The number of amides is 2. The van der Waals surface area contributed by atoms with Crippen LogP contribution in [0.25, 0.3) is 0 Å². The molecule has 26 heavy (non-hydrogen) atoms. The molecule has 0 bridgehead atoms. The standard InChI is InChI=1S/C18H23N3O5/c1-5-12(2)21(11-17(22)19-16-8-9-26-20-16)18(23)14-7-6-13(24-3)10-15(14)25-4/h6-10,12H,5,11H2,1-4H3,(H,19,20,22). The van der Waals surface area contributed by atoms with E-state index in [1.54, 1.807) is 18.2 Å². The second-order valence-corrected chi connectivity index (χ2v) is 5.69. The number of benzene rings is 1. The van der Waals surface area contributed by atoms with Gasteiger partial charge in [-0.3, -0.25) is 9.59 Å². The third-order valence-electron chi connectivity index (χ3n) is 4.04. The van der Waals surface area contributed by atoms with Crippen molar-refractivity contribution in [3.05, 3.63) is 36.1 Å². The molecule has 0 saturated carbocycles. The Morgan fingerprint density at radius 3 is 2.62 bits per heavy atom. The molecule has 2 rings (SSSR count). The molecule has 1 aromatic carbocycles. The van der Waals surface area contributed by atoms with Crippen LogP contribution in [-0.2, 0) is 4.79 Å². The van der Waals surface area contributed by atoms with E-state index in [4.69, 9.17) is 9.47 Å². The van der Waals surface area contributed by atoms with Crippen LogP contribution < -0.4 is 14.8 Å². The highest BCUT2D eigenvalue weighted by Gasteiger charge is 2.26. The van der Waals surface area contributed by atoms with E-state index >= 15 is 0 Å². The summed E-state index contributed by atoms with van der Waals surface area (Å²) in [4.78, 5) is 26.8. The molecule has 0 aliphatic heterocycles.